The van der Waals surface area contributed by atoms with Crippen LogP contribution in [0.1, 0.15) is 45.6 Å². The van der Waals surface area contributed by atoms with Crippen LogP contribution in [0.15, 0.2) is 24.3 Å². The second-order valence-electron chi connectivity index (χ2n) is 5.12. The highest BCUT2D eigenvalue weighted by atomic mass is 19.1. The summed E-state index contributed by atoms with van der Waals surface area (Å²) in [6.07, 6.45) is 4.66. The highest BCUT2D eigenvalue weighted by Gasteiger charge is 2.16. The number of likely N-dealkylation sites (N-methyl/N-ethyl adjacent to an activating group) is 1. The quantitative estimate of drug-likeness (QED) is 0.731. The smallest absolute Gasteiger partial charge is 0.123 e. The summed E-state index contributed by atoms with van der Waals surface area (Å²) in [5, 5.41) is 3.54. The topological polar surface area (TPSA) is 12.0 Å². The normalized spacial score (nSPS) is 14.4. The summed E-state index contributed by atoms with van der Waals surface area (Å²) in [5.74, 6) is 0.497. The molecule has 0 fully saturated rings. The van der Waals surface area contributed by atoms with Crippen LogP contribution in [0.5, 0.6) is 0 Å². The maximum atomic E-state index is 13.2. The zero-order valence-electron chi connectivity index (χ0n) is 11.9. The minimum Gasteiger partial charge on any atom is -0.314 e. The monoisotopic (exact) mass is 251 g/mol. The molecule has 0 aliphatic rings. The number of benzene rings is 1. The lowest BCUT2D eigenvalue weighted by atomic mass is 9.91. The molecule has 0 radical (unpaired) electrons. The third-order valence-corrected chi connectivity index (χ3v) is 3.51. The second-order valence-corrected chi connectivity index (χ2v) is 5.12. The third-order valence-electron chi connectivity index (χ3n) is 3.51. The van der Waals surface area contributed by atoms with E-state index in [1.54, 1.807) is 12.1 Å². The van der Waals surface area contributed by atoms with Gasteiger partial charge in [-0.05, 0) is 43.0 Å². The summed E-state index contributed by atoms with van der Waals surface area (Å²) in [5.41, 5.74) is 1.09. The number of hydrogen-bond acceptors (Lipinski definition) is 1. The van der Waals surface area contributed by atoms with Crippen LogP contribution in [0.3, 0.4) is 0 Å². The van der Waals surface area contributed by atoms with Crippen LogP contribution in [-0.4, -0.2) is 12.6 Å². The van der Waals surface area contributed by atoms with E-state index in [1.165, 1.54) is 25.3 Å². The number of halogens is 1. The fourth-order valence-electron chi connectivity index (χ4n) is 2.38. The van der Waals surface area contributed by atoms with Gasteiger partial charge in [-0.3, -0.25) is 0 Å². The summed E-state index contributed by atoms with van der Waals surface area (Å²) in [6, 6.07) is 7.41. The Morgan fingerprint density at radius 3 is 2.67 bits per heavy atom. The van der Waals surface area contributed by atoms with Crippen molar-refractivity contribution in [2.45, 2.75) is 52.5 Å². The number of nitrogens with one attached hydrogen (secondary N) is 1. The fraction of sp³-hybridized carbons (Fsp3) is 0.625. The van der Waals surface area contributed by atoms with Crippen LogP contribution in [-0.2, 0) is 6.42 Å². The molecule has 0 amide bonds. The molecule has 0 saturated heterocycles. The van der Waals surface area contributed by atoms with Gasteiger partial charge in [0.2, 0.25) is 0 Å². The van der Waals surface area contributed by atoms with Crippen LogP contribution in [0.4, 0.5) is 4.39 Å². The molecule has 2 atom stereocenters. The van der Waals surface area contributed by atoms with Gasteiger partial charge in [-0.1, -0.05) is 45.7 Å². The van der Waals surface area contributed by atoms with Crippen LogP contribution < -0.4 is 5.32 Å². The number of hydrogen-bond donors (Lipinski definition) is 1. The van der Waals surface area contributed by atoms with Crippen molar-refractivity contribution in [2.75, 3.05) is 6.54 Å². The average Bonchev–Trinajstić information content (AvgIpc) is 2.35. The Balaban J connectivity index is 2.61. The molecule has 0 aliphatic heterocycles. The van der Waals surface area contributed by atoms with Crippen LogP contribution in [0, 0.1) is 11.7 Å². The summed E-state index contributed by atoms with van der Waals surface area (Å²) in [7, 11) is 0. The molecular weight excluding hydrogens is 225 g/mol. The first-order chi connectivity index (χ1) is 8.67. The number of unbranched alkanes of at least 4 members (excludes halogenated alkanes) is 1. The summed E-state index contributed by atoms with van der Waals surface area (Å²) < 4.78 is 13.2. The third kappa shape index (κ3) is 5.18. The van der Waals surface area contributed by atoms with E-state index in [0.29, 0.717) is 12.0 Å². The lowest BCUT2D eigenvalue weighted by Gasteiger charge is -2.25. The van der Waals surface area contributed by atoms with Crippen molar-refractivity contribution < 1.29 is 4.39 Å². The summed E-state index contributed by atoms with van der Waals surface area (Å²) in [6.45, 7) is 7.62. The Kier molecular flexibility index (Phi) is 6.96. The van der Waals surface area contributed by atoms with Gasteiger partial charge < -0.3 is 5.32 Å². The standard InChI is InChI=1S/C16H26FN/c1-4-6-8-13(3)16(18-5-2)12-14-9-7-10-15(17)11-14/h7,9-11,13,16,18H,4-6,8,12H2,1-3H3. The molecular formula is C16H26FN. The average molecular weight is 251 g/mol. The Hall–Kier alpha value is -0.890. The van der Waals surface area contributed by atoms with E-state index in [9.17, 15) is 4.39 Å². The van der Waals surface area contributed by atoms with Gasteiger partial charge >= 0.3 is 0 Å². The molecule has 0 spiro atoms. The van der Waals surface area contributed by atoms with Crippen LogP contribution in [0.25, 0.3) is 0 Å². The molecule has 0 aliphatic carbocycles. The van der Waals surface area contributed by atoms with E-state index >= 15 is 0 Å². The first-order valence-electron chi connectivity index (χ1n) is 7.15. The van der Waals surface area contributed by atoms with Gasteiger partial charge in [0.25, 0.3) is 0 Å². The summed E-state index contributed by atoms with van der Waals surface area (Å²) in [4.78, 5) is 0. The Morgan fingerprint density at radius 2 is 2.06 bits per heavy atom. The Morgan fingerprint density at radius 1 is 1.28 bits per heavy atom. The SMILES string of the molecule is CCCCC(C)C(Cc1cccc(F)c1)NCC. The summed E-state index contributed by atoms with van der Waals surface area (Å²) >= 11 is 0. The van der Waals surface area contributed by atoms with Crippen LogP contribution >= 0.6 is 0 Å². The van der Waals surface area contributed by atoms with Gasteiger partial charge in [0.1, 0.15) is 5.82 Å². The van der Waals surface area contributed by atoms with Crippen molar-refractivity contribution in [1.29, 1.82) is 0 Å². The molecule has 0 heterocycles. The van der Waals surface area contributed by atoms with E-state index in [2.05, 4.69) is 26.1 Å². The van der Waals surface area contributed by atoms with E-state index < -0.39 is 0 Å². The van der Waals surface area contributed by atoms with Gasteiger partial charge in [-0.2, -0.15) is 0 Å². The molecule has 2 heteroatoms. The zero-order valence-corrected chi connectivity index (χ0v) is 11.9. The molecule has 1 nitrogen and oxygen atoms in total. The van der Waals surface area contributed by atoms with Crippen LogP contribution in [0.2, 0.25) is 0 Å². The van der Waals surface area contributed by atoms with E-state index in [4.69, 9.17) is 0 Å². The first kappa shape index (κ1) is 15.2. The molecule has 2 unspecified atom stereocenters. The lowest BCUT2D eigenvalue weighted by molar-refractivity contribution is 0.352. The number of rotatable bonds is 8. The first-order valence-corrected chi connectivity index (χ1v) is 7.15. The second kappa shape index (κ2) is 8.25. The molecule has 1 N–H and O–H groups in total. The molecule has 1 aromatic rings. The van der Waals surface area contributed by atoms with Gasteiger partial charge in [-0.15, -0.1) is 0 Å². The predicted molar refractivity (Wildman–Crippen MR) is 76.3 cm³/mol. The van der Waals surface area contributed by atoms with E-state index in [0.717, 1.165) is 18.5 Å². The van der Waals surface area contributed by atoms with Crippen molar-refractivity contribution in [3.05, 3.63) is 35.6 Å². The van der Waals surface area contributed by atoms with Gasteiger partial charge in [0, 0.05) is 6.04 Å². The maximum absolute atomic E-state index is 13.2. The molecule has 0 aromatic heterocycles. The fourth-order valence-corrected chi connectivity index (χ4v) is 2.38. The minimum atomic E-state index is -0.135. The highest BCUT2D eigenvalue weighted by Crippen LogP contribution is 2.17. The Bertz CT molecular complexity index is 338. The molecule has 1 aromatic carbocycles. The van der Waals surface area contributed by atoms with Crippen molar-refractivity contribution in [3.8, 4) is 0 Å². The minimum absolute atomic E-state index is 0.135. The molecule has 18 heavy (non-hydrogen) atoms. The van der Waals surface area contributed by atoms with Crippen molar-refractivity contribution >= 4 is 0 Å². The molecule has 1 rings (SSSR count). The van der Waals surface area contributed by atoms with Crippen molar-refractivity contribution in [2.24, 2.45) is 5.92 Å². The molecule has 102 valence electrons. The van der Waals surface area contributed by atoms with Gasteiger partial charge in [-0.25, -0.2) is 4.39 Å². The van der Waals surface area contributed by atoms with Crippen molar-refractivity contribution in [1.82, 2.24) is 5.32 Å². The van der Waals surface area contributed by atoms with E-state index in [-0.39, 0.29) is 5.82 Å². The van der Waals surface area contributed by atoms with Gasteiger partial charge in [0.05, 0.1) is 0 Å². The highest BCUT2D eigenvalue weighted by molar-refractivity contribution is 5.17. The Labute approximate surface area is 111 Å². The lowest BCUT2D eigenvalue weighted by Crippen LogP contribution is -2.36. The zero-order chi connectivity index (χ0) is 13.4. The molecule has 0 bridgehead atoms. The molecule has 0 saturated carbocycles. The largest absolute Gasteiger partial charge is 0.314 e. The predicted octanol–water partition coefficient (Wildman–Crippen LogP) is 4.17. The maximum Gasteiger partial charge on any atom is 0.123 e. The van der Waals surface area contributed by atoms with E-state index in [1.807, 2.05) is 6.07 Å². The van der Waals surface area contributed by atoms with Crippen molar-refractivity contribution in [3.63, 3.8) is 0 Å². The van der Waals surface area contributed by atoms with Gasteiger partial charge in [0.15, 0.2) is 0 Å².